The van der Waals surface area contributed by atoms with Crippen LogP contribution in [0.25, 0.3) is 21.8 Å². The third-order valence-electron chi connectivity index (χ3n) is 5.94. The number of para-hydroxylation sites is 1. The number of benzene rings is 2. The van der Waals surface area contributed by atoms with Crippen LogP contribution < -0.4 is 0 Å². The Hall–Kier alpha value is -2.39. The molecular formula is C25H22BrNO. The molecule has 0 radical (unpaired) electrons. The van der Waals surface area contributed by atoms with Crippen LogP contribution in [0.2, 0.25) is 0 Å². The SMILES string of the molecule is O=C(C1=CC(C2=CCCCC2)CC(Br)=C1)c1ccc2c(c1)[nH]c1ccccc12. The van der Waals surface area contributed by atoms with Gasteiger partial charge in [0.15, 0.2) is 5.78 Å². The topological polar surface area (TPSA) is 32.9 Å². The minimum absolute atomic E-state index is 0.0959. The summed E-state index contributed by atoms with van der Waals surface area (Å²) in [4.78, 5) is 16.7. The van der Waals surface area contributed by atoms with E-state index in [1.165, 1.54) is 30.2 Å². The molecule has 3 heteroatoms. The van der Waals surface area contributed by atoms with E-state index >= 15 is 0 Å². The highest BCUT2D eigenvalue weighted by atomic mass is 79.9. The van der Waals surface area contributed by atoms with Gasteiger partial charge in [-0.15, -0.1) is 0 Å². The molecule has 2 aliphatic rings. The maximum Gasteiger partial charge on any atom is 0.192 e. The van der Waals surface area contributed by atoms with Crippen molar-refractivity contribution in [3.63, 3.8) is 0 Å². The Morgan fingerprint density at radius 1 is 1.04 bits per heavy atom. The summed E-state index contributed by atoms with van der Waals surface area (Å²) in [6.07, 6.45) is 12.4. The summed E-state index contributed by atoms with van der Waals surface area (Å²) in [5.74, 6) is 0.439. The third-order valence-corrected chi connectivity index (χ3v) is 6.49. The van der Waals surface area contributed by atoms with Crippen molar-refractivity contribution in [1.29, 1.82) is 0 Å². The van der Waals surface area contributed by atoms with Gasteiger partial charge in [-0.3, -0.25) is 4.79 Å². The molecule has 1 atom stereocenters. The van der Waals surface area contributed by atoms with E-state index in [-0.39, 0.29) is 5.78 Å². The first-order valence-corrected chi connectivity index (χ1v) is 10.8. The van der Waals surface area contributed by atoms with E-state index in [0.29, 0.717) is 5.92 Å². The van der Waals surface area contributed by atoms with Gasteiger partial charge in [0.25, 0.3) is 0 Å². The highest BCUT2D eigenvalue weighted by Crippen LogP contribution is 2.36. The number of hydrogen-bond acceptors (Lipinski definition) is 1. The van der Waals surface area contributed by atoms with Crippen molar-refractivity contribution in [2.75, 3.05) is 0 Å². The first-order valence-electron chi connectivity index (χ1n) is 10.0. The van der Waals surface area contributed by atoms with Gasteiger partial charge < -0.3 is 4.98 Å². The lowest BCUT2D eigenvalue weighted by Crippen LogP contribution is -2.12. The highest BCUT2D eigenvalue weighted by molar-refractivity contribution is 9.11. The second-order valence-corrected chi connectivity index (χ2v) is 8.83. The molecule has 2 aliphatic carbocycles. The average molecular weight is 432 g/mol. The van der Waals surface area contributed by atoms with Crippen LogP contribution in [0.1, 0.15) is 42.5 Å². The van der Waals surface area contributed by atoms with E-state index in [2.05, 4.69) is 51.3 Å². The number of halogens is 1. The number of fused-ring (bicyclic) bond motifs is 3. The Morgan fingerprint density at radius 3 is 2.75 bits per heavy atom. The van der Waals surface area contributed by atoms with Crippen LogP contribution in [0.3, 0.4) is 0 Å². The fraction of sp³-hybridized carbons (Fsp3) is 0.240. The number of rotatable bonds is 3. The Kier molecular flexibility index (Phi) is 4.56. The number of allylic oxidation sites excluding steroid dienone is 6. The molecule has 140 valence electrons. The summed E-state index contributed by atoms with van der Waals surface area (Å²) in [6.45, 7) is 0. The van der Waals surface area contributed by atoms with E-state index in [0.717, 1.165) is 44.9 Å². The molecule has 1 heterocycles. The Bertz CT molecular complexity index is 1180. The molecule has 2 aromatic carbocycles. The number of hydrogen-bond donors (Lipinski definition) is 1. The van der Waals surface area contributed by atoms with E-state index in [1.807, 2.05) is 30.3 Å². The van der Waals surface area contributed by atoms with Crippen molar-refractivity contribution in [3.05, 3.63) is 81.9 Å². The summed E-state index contributed by atoms with van der Waals surface area (Å²) >= 11 is 3.67. The predicted molar refractivity (Wildman–Crippen MR) is 120 cm³/mol. The van der Waals surface area contributed by atoms with Crippen molar-refractivity contribution in [2.45, 2.75) is 32.1 Å². The van der Waals surface area contributed by atoms with E-state index in [9.17, 15) is 4.79 Å². The molecule has 0 bridgehead atoms. The minimum Gasteiger partial charge on any atom is -0.354 e. The first kappa shape index (κ1) is 17.7. The van der Waals surface area contributed by atoms with Crippen molar-refractivity contribution >= 4 is 43.5 Å². The van der Waals surface area contributed by atoms with E-state index in [1.54, 1.807) is 0 Å². The van der Waals surface area contributed by atoms with Crippen molar-refractivity contribution in [3.8, 4) is 0 Å². The molecule has 28 heavy (non-hydrogen) atoms. The number of ketones is 1. The Labute approximate surface area is 173 Å². The van der Waals surface area contributed by atoms with Crippen LogP contribution in [-0.2, 0) is 0 Å². The van der Waals surface area contributed by atoms with E-state index in [4.69, 9.17) is 0 Å². The number of aromatic amines is 1. The zero-order valence-electron chi connectivity index (χ0n) is 15.7. The largest absolute Gasteiger partial charge is 0.354 e. The predicted octanol–water partition coefficient (Wildman–Crippen LogP) is 7.23. The summed E-state index contributed by atoms with van der Waals surface area (Å²) in [5, 5.41) is 2.35. The fourth-order valence-corrected chi connectivity index (χ4v) is 5.10. The van der Waals surface area contributed by atoms with Gasteiger partial charge in [0.2, 0.25) is 0 Å². The number of H-pyrrole nitrogens is 1. The van der Waals surface area contributed by atoms with E-state index < -0.39 is 0 Å². The summed E-state index contributed by atoms with van der Waals surface area (Å²) in [7, 11) is 0. The normalized spacial score (nSPS) is 20.0. The minimum atomic E-state index is 0.0959. The molecule has 5 rings (SSSR count). The zero-order valence-corrected chi connectivity index (χ0v) is 17.3. The highest BCUT2D eigenvalue weighted by Gasteiger charge is 2.23. The molecule has 1 aromatic heterocycles. The number of nitrogens with one attached hydrogen (secondary N) is 1. The number of aromatic nitrogens is 1. The molecule has 0 amide bonds. The van der Waals surface area contributed by atoms with Gasteiger partial charge in [-0.2, -0.15) is 0 Å². The van der Waals surface area contributed by atoms with Crippen LogP contribution >= 0.6 is 15.9 Å². The standard InChI is InChI=1S/C25H22BrNO/c26-20-13-18(16-6-2-1-3-7-16)12-19(14-20)25(28)17-10-11-22-21-8-4-5-9-23(21)27-24(22)15-17/h4-6,8-12,14-15,18,27H,1-3,7,13H2. The molecular weight excluding hydrogens is 410 g/mol. The fourth-order valence-electron chi connectivity index (χ4n) is 4.50. The van der Waals surface area contributed by atoms with Gasteiger partial charge >= 0.3 is 0 Å². The maximum atomic E-state index is 13.3. The molecule has 0 saturated carbocycles. The van der Waals surface area contributed by atoms with Gasteiger partial charge in [0.05, 0.1) is 0 Å². The first-order chi connectivity index (χ1) is 13.7. The van der Waals surface area contributed by atoms with Crippen molar-refractivity contribution in [2.24, 2.45) is 5.92 Å². The molecule has 0 spiro atoms. The molecule has 3 aromatic rings. The molecule has 0 aliphatic heterocycles. The second-order valence-electron chi connectivity index (χ2n) is 7.81. The second kappa shape index (κ2) is 7.21. The van der Waals surface area contributed by atoms with Crippen LogP contribution in [0, 0.1) is 5.92 Å². The van der Waals surface area contributed by atoms with Crippen LogP contribution in [0.5, 0.6) is 0 Å². The summed E-state index contributed by atoms with van der Waals surface area (Å²) in [6, 6.07) is 14.3. The lowest BCUT2D eigenvalue weighted by Gasteiger charge is -2.24. The van der Waals surface area contributed by atoms with Gasteiger partial charge in [-0.1, -0.05) is 64.0 Å². The summed E-state index contributed by atoms with van der Waals surface area (Å²) < 4.78 is 1.11. The van der Waals surface area contributed by atoms with Gasteiger partial charge in [0.1, 0.15) is 0 Å². The zero-order chi connectivity index (χ0) is 19.1. The van der Waals surface area contributed by atoms with Crippen LogP contribution in [-0.4, -0.2) is 10.8 Å². The summed E-state index contributed by atoms with van der Waals surface area (Å²) in [5.41, 5.74) is 5.14. The molecule has 2 nitrogen and oxygen atoms in total. The molecule has 1 N–H and O–H groups in total. The smallest absolute Gasteiger partial charge is 0.192 e. The number of carbonyl (C=O) groups excluding carboxylic acids is 1. The lowest BCUT2D eigenvalue weighted by atomic mass is 9.82. The Balaban J connectivity index is 1.51. The van der Waals surface area contributed by atoms with Crippen LogP contribution in [0.15, 0.2) is 76.3 Å². The van der Waals surface area contributed by atoms with Crippen molar-refractivity contribution < 1.29 is 4.79 Å². The van der Waals surface area contributed by atoms with Crippen LogP contribution in [0.4, 0.5) is 0 Å². The molecule has 0 fully saturated rings. The van der Waals surface area contributed by atoms with Gasteiger partial charge in [0, 0.05) is 38.9 Å². The van der Waals surface area contributed by atoms with Crippen molar-refractivity contribution in [1.82, 2.24) is 4.98 Å². The number of Topliss-reactive ketones (excluding diaryl/α,β-unsaturated/α-hetero) is 1. The third kappa shape index (κ3) is 3.18. The lowest BCUT2D eigenvalue weighted by molar-refractivity contribution is 0.103. The average Bonchev–Trinajstić information content (AvgIpc) is 3.11. The Morgan fingerprint density at radius 2 is 1.89 bits per heavy atom. The quantitative estimate of drug-likeness (QED) is 0.344. The number of carbonyl (C=O) groups is 1. The van der Waals surface area contributed by atoms with Gasteiger partial charge in [-0.05, 0) is 54.8 Å². The van der Waals surface area contributed by atoms with Gasteiger partial charge in [-0.25, -0.2) is 0 Å². The molecule has 1 unspecified atom stereocenters. The maximum absolute atomic E-state index is 13.3. The monoisotopic (exact) mass is 431 g/mol. The molecule has 0 saturated heterocycles.